The second-order valence-corrected chi connectivity index (χ2v) is 34.7. The minimum Gasteiger partial charge on any atom is -0.466 e. The molecule has 0 radical (unpaired) electrons. The van der Waals surface area contributed by atoms with Crippen LogP contribution in [0.25, 0.3) is 0 Å². The summed E-state index contributed by atoms with van der Waals surface area (Å²) in [6.07, 6.45) is 44.5. The van der Waals surface area contributed by atoms with Crippen molar-refractivity contribution < 1.29 is 38.1 Å². The summed E-state index contributed by atoms with van der Waals surface area (Å²) in [5.74, 6) is 3.38. The molecule has 0 aromatic rings. The molecule has 586 valence electrons. The van der Waals surface area contributed by atoms with Crippen molar-refractivity contribution in [1.29, 1.82) is 0 Å². The number of carbonyl (C=O) groups is 4. The molecule has 0 fully saturated rings. The normalized spacial score (nSPS) is 12.8. The van der Waals surface area contributed by atoms with Gasteiger partial charge in [-0.15, -0.1) is 0 Å². The van der Waals surface area contributed by atoms with Gasteiger partial charge in [0.15, 0.2) is 0 Å². The lowest BCUT2D eigenvalue weighted by Crippen LogP contribution is -2.33. The SMILES string of the molecule is CC.CC(C)CC(CC(C)C)OC(=O)CCCCCCCCCN(CCCCCCCCCC(=O)OC(CC(C)C)CC(C)C)CCN(C)C.CC(CCOC(=O)CCCCCCCCCN(CCCCCCCCCC(=O)OCCC(C)CC(C)(C)C)CCN(C)C)CC(C)(C)C. The quantitative estimate of drug-likeness (QED) is 0.0328. The van der Waals surface area contributed by atoms with Gasteiger partial charge in [0, 0.05) is 51.9 Å². The minimum absolute atomic E-state index is 0.000704. The van der Waals surface area contributed by atoms with Crippen LogP contribution in [0.2, 0.25) is 0 Å². The van der Waals surface area contributed by atoms with Gasteiger partial charge < -0.3 is 38.5 Å². The lowest BCUT2D eigenvalue weighted by Gasteiger charge is -2.24. The molecule has 0 heterocycles. The van der Waals surface area contributed by atoms with Crippen LogP contribution in [0.15, 0.2) is 0 Å². The average Bonchev–Trinajstić information content (AvgIpc) is 1.38. The highest BCUT2D eigenvalue weighted by molar-refractivity contribution is 5.70. The predicted octanol–water partition coefficient (Wildman–Crippen LogP) is 23.2. The van der Waals surface area contributed by atoms with Crippen LogP contribution in [0.3, 0.4) is 0 Å². The first-order valence-electron chi connectivity index (χ1n) is 41.8. The lowest BCUT2D eigenvalue weighted by atomic mass is 9.84. The fourth-order valence-electron chi connectivity index (χ4n) is 13.5. The van der Waals surface area contributed by atoms with Crippen LogP contribution in [-0.2, 0) is 38.1 Å². The van der Waals surface area contributed by atoms with Crippen LogP contribution < -0.4 is 0 Å². The van der Waals surface area contributed by atoms with Crippen LogP contribution in [0.5, 0.6) is 0 Å². The van der Waals surface area contributed by atoms with Gasteiger partial charge in [0.05, 0.1) is 13.2 Å². The van der Waals surface area contributed by atoms with Gasteiger partial charge in [-0.05, 0) is 203 Å². The first kappa shape index (κ1) is 99.9. The Morgan fingerprint density at radius 1 is 0.296 bits per heavy atom. The molecule has 0 N–H and O–H groups in total. The molecule has 0 rings (SSSR count). The topological polar surface area (TPSA) is 118 Å². The summed E-state index contributed by atoms with van der Waals surface area (Å²) in [5.41, 5.74) is 0.671. The summed E-state index contributed by atoms with van der Waals surface area (Å²) in [7, 11) is 8.67. The van der Waals surface area contributed by atoms with Gasteiger partial charge in [-0.25, -0.2) is 0 Å². The van der Waals surface area contributed by atoms with Gasteiger partial charge in [0.1, 0.15) is 12.2 Å². The Morgan fingerprint density at radius 3 is 0.724 bits per heavy atom. The number of esters is 4. The summed E-state index contributed by atoms with van der Waals surface area (Å²) in [6, 6.07) is 0. The number of nitrogens with zero attached hydrogens (tertiary/aromatic N) is 4. The average molecular weight is 1390 g/mol. The van der Waals surface area contributed by atoms with Crippen molar-refractivity contribution in [3.63, 3.8) is 0 Å². The smallest absolute Gasteiger partial charge is 0.306 e. The molecule has 2 atom stereocenters. The third kappa shape index (κ3) is 77.9. The number of ether oxygens (including phenoxy) is 4. The Hall–Kier alpha value is -2.28. The molecule has 0 aliphatic heterocycles. The number of rotatable bonds is 64. The van der Waals surface area contributed by atoms with E-state index in [0.29, 0.717) is 85.2 Å². The Kier molecular flexibility index (Phi) is 67.9. The summed E-state index contributed by atoms with van der Waals surface area (Å²) < 4.78 is 22.6. The van der Waals surface area contributed by atoms with E-state index in [1.54, 1.807) is 0 Å². The fourth-order valence-corrected chi connectivity index (χ4v) is 13.5. The van der Waals surface area contributed by atoms with Crippen molar-refractivity contribution in [3.8, 4) is 0 Å². The summed E-state index contributed by atoms with van der Waals surface area (Å²) in [4.78, 5) is 58.8. The molecule has 0 saturated carbocycles. The third-order valence-electron chi connectivity index (χ3n) is 18.4. The summed E-state index contributed by atoms with van der Waals surface area (Å²) >= 11 is 0. The number of likely N-dealkylation sites (N-methyl/N-ethyl adjacent to an activating group) is 2. The fraction of sp³-hybridized carbons (Fsp3) is 0.953. The van der Waals surface area contributed by atoms with Gasteiger partial charge in [-0.2, -0.15) is 0 Å². The second-order valence-electron chi connectivity index (χ2n) is 34.7. The summed E-state index contributed by atoms with van der Waals surface area (Å²) in [5, 5.41) is 0. The number of hydrogen-bond acceptors (Lipinski definition) is 12. The molecular formula is C86H174N4O8. The van der Waals surface area contributed by atoms with Gasteiger partial charge in [0.25, 0.3) is 0 Å². The van der Waals surface area contributed by atoms with E-state index in [-0.39, 0.29) is 36.1 Å². The molecule has 98 heavy (non-hydrogen) atoms. The van der Waals surface area contributed by atoms with E-state index in [1.165, 1.54) is 167 Å². The summed E-state index contributed by atoms with van der Waals surface area (Å²) in [6.45, 7) is 50.3. The van der Waals surface area contributed by atoms with Gasteiger partial charge in [0.2, 0.25) is 0 Å². The number of unbranched alkanes of at least 4 members (excludes halogenated alkanes) is 24. The molecule has 0 aromatic heterocycles. The van der Waals surface area contributed by atoms with Crippen LogP contribution in [0.4, 0.5) is 0 Å². The largest absolute Gasteiger partial charge is 0.466 e. The molecule has 0 aliphatic carbocycles. The maximum Gasteiger partial charge on any atom is 0.306 e. The van der Waals surface area contributed by atoms with Crippen molar-refractivity contribution in [2.24, 2.45) is 46.3 Å². The third-order valence-corrected chi connectivity index (χ3v) is 18.4. The van der Waals surface area contributed by atoms with Crippen LogP contribution in [0.1, 0.15) is 381 Å². The zero-order valence-electron chi connectivity index (χ0n) is 70.0. The molecule has 0 aromatic carbocycles. The van der Waals surface area contributed by atoms with Crippen molar-refractivity contribution in [1.82, 2.24) is 19.6 Å². The molecule has 2 unspecified atom stereocenters. The van der Waals surface area contributed by atoms with Crippen molar-refractivity contribution in [2.45, 2.75) is 394 Å². The van der Waals surface area contributed by atoms with Crippen molar-refractivity contribution >= 4 is 23.9 Å². The molecule has 0 aliphatic rings. The first-order valence-corrected chi connectivity index (χ1v) is 41.8. The maximum atomic E-state index is 12.4. The van der Waals surface area contributed by atoms with E-state index in [9.17, 15) is 19.2 Å². The van der Waals surface area contributed by atoms with E-state index in [1.807, 2.05) is 13.8 Å². The predicted molar refractivity (Wildman–Crippen MR) is 424 cm³/mol. The molecule has 12 heteroatoms. The Bertz CT molecular complexity index is 1640. The highest BCUT2D eigenvalue weighted by Crippen LogP contribution is 2.28. The molecular weight excluding hydrogens is 1220 g/mol. The van der Waals surface area contributed by atoms with Crippen molar-refractivity contribution in [2.75, 3.05) is 93.8 Å². The van der Waals surface area contributed by atoms with E-state index in [4.69, 9.17) is 18.9 Å². The van der Waals surface area contributed by atoms with E-state index >= 15 is 0 Å². The van der Waals surface area contributed by atoms with E-state index in [2.05, 4.69) is 159 Å². The van der Waals surface area contributed by atoms with Crippen LogP contribution in [0, 0.1) is 46.3 Å². The maximum absolute atomic E-state index is 12.4. The molecule has 0 spiro atoms. The van der Waals surface area contributed by atoms with E-state index < -0.39 is 0 Å². The Morgan fingerprint density at radius 2 is 0.510 bits per heavy atom. The molecule has 0 amide bonds. The zero-order chi connectivity index (χ0) is 74.4. The highest BCUT2D eigenvalue weighted by atomic mass is 16.6. The van der Waals surface area contributed by atoms with E-state index in [0.717, 1.165) is 116 Å². The van der Waals surface area contributed by atoms with Crippen LogP contribution >= 0.6 is 0 Å². The monoisotopic (exact) mass is 1390 g/mol. The standard InChI is InChI=1S/2C42H84N2O4.C2H6/c1-37(35-41(3,4)5)27-33-47-39(45)25-21-17-13-11-15-19-23-29-44(32-31-43(9)10)30-24-20-16-12-14-18-22-26-40(46)48-34-28-38(2)36-42(6,7)8;1-35(2)31-39(32-36(3)4)47-41(45)25-21-17-13-11-15-19-23-27-44(30-29-43(9)10)28-24-20-16-12-14-18-22-26-42(46)48-40(33-37(5)6)34-38(7)8;1-2/h37-38H,11-36H2,1-10H3;35-40H,11-34H2,1-10H3;1-2H3. The first-order chi connectivity index (χ1) is 46.3. The van der Waals surface area contributed by atoms with Gasteiger partial charge in [-0.1, -0.05) is 253 Å². The Balaban J connectivity index is -0.00000180. The minimum atomic E-state index is -0.0164. The van der Waals surface area contributed by atoms with Crippen LogP contribution in [-0.4, -0.2) is 149 Å². The molecule has 0 bridgehead atoms. The molecule has 0 saturated heterocycles. The highest BCUT2D eigenvalue weighted by Gasteiger charge is 2.21. The Labute approximate surface area is 612 Å². The lowest BCUT2D eigenvalue weighted by molar-refractivity contribution is -0.151. The molecule has 12 nitrogen and oxygen atoms in total. The number of hydrogen-bond donors (Lipinski definition) is 0. The number of carbonyl (C=O) groups excluding carboxylic acids is 4. The van der Waals surface area contributed by atoms with Gasteiger partial charge >= 0.3 is 23.9 Å². The zero-order valence-corrected chi connectivity index (χ0v) is 70.0. The van der Waals surface area contributed by atoms with Gasteiger partial charge in [-0.3, -0.25) is 19.2 Å². The second kappa shape index (κ2) is 66.7. The van der Waals surface area contributed by atoms with Crippen molar-refractivity contribution in [3.05, 3.63) is 0 Å².